The minimum Gasteiger partial charge on any atom is -0.381 e. The van der Waals surface area contributed by atoms with Gasteiger partial charge in [0.05, 0.1) is 28.9 Å². The highest BCUT2D eigenvalue weighted by molar-refractivity contribution is 6.06. The van der Waals surface area contributed by atoms with Crippen LogP contribution in [0.25, 0.3) is 11.0 Å². The Morgan fingerprint density at radius 1 is 1.26 bits per heavy atom. The zero-order valence-electron chi connectivity index (χ0n) is 18.7. The third-order valence-corrected chi connectivity index (χ3v) is 6.24. The van der Waals surface area contributed by atoms with Crippen molar-refractivity contribution in [1.29, 1.82) is 0 Å². The molecule has 1 aromatic carbocycles. The number of pyridine rings is 1. The van der Waals surface area contributed by atoms with Crippen LogP contribution in [0.1, 0.15) is 59.8 Å². The second-order valence-electron chi connectivity index (χ2n) is 8.26. The van der Waals surface area contributed by atoms with E-state index in [1.165, 1.54) is 11.1 Å². The van der Waals surface area contributed by atoms with Crippen LogP contribution in [0, 0.1) is 13.8 Å². The van der Waals surface area contributed by atoms with Crippen LogP contribution in [0.4, 0.5) is 5.69 Å². The average molecular weight is 422 g/mol. The number of amides is 1. The van der Waals surface area contributed by atoms with E-state index in [2.05, 4.69) is 46.7 Å². The fourth-order valence-corrected chi connectivity index (χ4v) is 4.23. The number of nitrogens with one attached hydrogen (secondary N) is 2. The lowest BCUT2D eigenvalue weighted by molar-refractivity contribution is 0.0903. The Balaban J connectivity index is 1.67. The molecule has 7 nitrogen and oxygen atoms in total. The minimum atomic E-state index is -0.137. The third-order valence-electron chi connectivity index (χ3n) is 6.24. The second-order valence-corrected chi connectivity index (χ2v) is 8.26. The van der Waals surface area contributed by atoms with E-state index in [1.807, 2.05) is 24.6 Å². The molecule has 3 heterocycles. The van der Waals surface area contributed by atoms with Gasteiger partial charge in [-0.1, -0.05) is 18.2 Å². The molecular weight excluding hydrogens is 390 g/mol. The molecular formula is C24H31N5O2. The van der Waals surface area contributed by atoms with Crippen molar-refractivity contribution in [1.82, 2.24) is 20.1 Å². The average Bonchev–Trinajstić information content (AvgIpc) is 3.20. The number of carbonyl (C=O) groups is 1. The molecule has 0 aliphatic carbocycles. The molecule has 0 radical (unpaired) electrons. The van der Waals surface area contributed by atoms with Crippen LogP contribution in [0.2, 0.25) is 0 Å². The molecule has 164 valence electrons. The van der Waals surface area contributed by atoms with Crippen molar-refractivity contribution in [3.05, 3.63) is 52.8 Å². The van der Waals surface area contributed by atoms with Gasteiger partial charge in [0.25, 0.3) is 5.91 Å². The molecule has 0 spiro atoms. The topological polar surface area (TPSA) is 81.1 Å². The molecule has 4 rings (SSSR count). The molecule has 1 saturated heterocycles. The van der Waals surface area contributed by atoms with Crippen molar-refractivity contribution >= 4 is 22.6 Å². The Kier molecular flexibility index (Phi) is 6.23. The largest absolute Gasteiger partial charge is 0.381 e. The number of hydrogen-bond acceptors (Lipinski definition) is 5. The highest BCUT2D eigenvalue weighted by Crippen LogP contribution is 2.29. The van der Waals surface area contributed by atoms with E-state index in [0.29, 0.717) is 5.56 Å². The molecule has 1 fully saturated rings. The van der Waals surface area contributed by atoms with Crippen molar-refractivity contribution in [3.63, 3.8) is 0 Å². The number of anilines is 1. The van der Waals surface area contributed by atoms with Gasteiger partial charge < -0.3 is 15.4 Å². The Hall–Kier alpha value is -2.93. The molecule has 2 N–H and O–H groups in total. The van der Waals surface area contributed by atoms with Crippen LogP contribution in [0.5, 0.6) is 0 Å². The van der Waals surface area contributed by atoms with Crippen molar-refractivity contribution in [3.8, 4) is 0 Å². The zero-order valence-corrected chi connectivity index (χ0v) is 18.7. The first-order chi connectivity index (χ1) is 15.0. The highest BCUT2D eigenvalue weighted by Gasteiger charge is 2.23. The van der Waals surface area contributed by atoms with Crippen molar-refractivity contribution in [2.45, 2.75) is 59.2 Å². The predicted octanol–water partition coefficient (Wildman–Crippen LogP) is 4.15. The van der Waals surface area contributed by atoms with Crippen LogP contribution in [0.3, 0.4) is 0 Å². The number of aromatic nitrogens is 3. The number of hydrogen-bond donors (Lipinski definition) is 2. The number of fused-ring (bicyclic) bond motifs is 1. The van der Waals surface area contributed by atoms with Crippen molar-refractivity contribution in [2.24, 2.45) is 0 Å². The van der Waals surface area contributed by atoms with E-state index < -0.39 is 0 Å². The summed E-state index contributed by atoms with van der Waals surface area (Å²) in [5, 5.41) is 12.1. The van der Waals surface area contributed by atoms with Gasteiger partial charge in [-0.2, -0.15) is 5.10 Å². The second kappa shape index (κ2) is 9.06. The smallest absolute Gasteiger partial charge is 0.255 e. The van der Waals surface area contributed by atoms with Gasteiger partial charge in [-0.3, -0.25) is 4.79 Å². The molecule has 3 aromatic rings. The first-order valence-corrected chi connectivity index (χ1v) is 11.0. The third kappa shape index (κ3) is 4.28. The summed E-state index contributed by atoms with van der Waals surface area (Å²) in [7, 11) is 0. The van der Waals surface area contributed by atoms with Gasteiger partial charge >= 0.3 is 0 Å². The van der Waals surface area contributed by atoms with Crippen LogP contribution < -0.4 is 10.6 Å². The van der Waals surface area contributed by atoms with Gasteiger partial charge in [-0.15, -0.1) is 0 Å². The number of ether oxygens (including phenoxy) is 1. The first kappa shape index (κ1) is 21.3. The standard InChI is InChI=1S/C24H31N5O2/c1-5-29-23-20(14-26-29)22(28-18-9-11-31-12-10-18)21(13-25-23)24(30)27-17(4)19-8-6-7-15(2)16(19)3/h6-8,13-14,17-18H,5,9-12H2,1-4H3,(H,25,28)(H,27,30). The Morgan fingerprint density at radius 3 is 2.77 bits per heavy atom. The summed E-state index contributed by atoms with van der Waals surface area (Å²) in [6, 6.07) is 6.34. The molecule has 7 heteroatoms. The number of nitrogens with zero attached hydrogens (tertiary/aromatic N) is 3. The molecule has 1 amide bonds. The molecule has 2 aromatic heterocycles. The maximum atomic E-state index is 13.4. The summed E-state index contributed by atoms with van der Waals surface area (Å²) in [6.45, 7) is 10.4. The first-order valence-electron chi connectivity index (χ1n) is 11.0. The van der Waals surface area contributed by atoms with Crippen molar-refractivity contribution in [2.75, 3.05) is 18.5 Å². The van der Waals surface area contributed by atoms with Gasteiger partial charge in [0, 0.05) is 32.0 Å². The molecule has 1 aliphatic heterocycles. The summed E-state index contributed by atoms with van der Waals surface area (Å²) >= 11 is 0. The maximum Gasteiger partial charge on any atom is 0.255 e. The summed E-state index contributed by atoms with van der Waals surface area (Å²) in [4.78, 5) is 17.9. The fraction of sp³-hybridized carbons (Fsp3) is 0.458. The van der Waals surface area contributed by atoms with Gasteiger partial charge in [-0.25, -0.2) is 9.67 Å². The van der Waals surface area contributed by atoms with Crippen molar-refractivity contribution < 1.29 is 9.53 Å². The molecule has 0 bridgehead atoms. The number of benzene rings is 1. The van der Waals surface area contributed by atoms with E-state index in [9.17, 15) is 4.79 Å². The normalized spacial score (nSPS) is 15.7. The zero-order chi connectivity index (χ0) is 22.0. The van der Waals surface area contributed by atoms with E-state index >= 15 is 0 Å². The summed E-state index contributed by atoms with van der Waals surface area (Å²) < 4.78 is 7.35. The van der Waals surface area contributed by atoms with E-state index in [0.717, 1.165) is 54.9 Å². The molecule has 1 aliphatic rings. The number of rotatable bonds is 6. The summed E-state index contributed by atoms with van der Waals surface area (Å²) in [5.74, 6) is -0.137. The molecule has 1 atom stereocenters. The Labute approximate surface area is 183 Å². The summed E-state index contributed by atoms with van der Waals surface area (Å²) in [5.41, 5.74) is 5.69. The lowest BCUT2D eigenvalue weighted by atomic mass is 9.98. The Bertz CT molecular complexity index is 1090. The van der Waals surface area contributed by atoms with E-state index in [1.54, 1.807) is 12.4 Å². The minimum absolute atomic E-state index is 0.114. The van der Waals surface area contributed by atoms with Gasteiger partial charge in [0.2, 0.25) is 0 Å². The molecule has 1 unspecified atom stereocenters. The SMILES string of the molecule is CCn1ncc2c(NC3CCOCC3)c(C(=O)NC(C)c3cccc(C)c3C)cnc21. The van der Waals surface area contributed by atoms with Gasteiger partial charge in [0.1, 0.15) is 0 Å². The van der Waals surface area contributed by atoms with Crippen LogP contribution in [-0.4, -0.2) is 39.9 Å². The molecule has 0 saturated carbocycles. The predicted molar refractivity (Wildman–Crippen MR) is 122 cm³/mol. The number of aryl methyl sites for hydroxylation is 2. The van der Waals surface area contributed by atoms with Crippen LogP contribution in [-0.2, 0) is 11.3 Å². The Morgan fingerprint density at radius 2 is 2.03 bits per heavy atom. The van der Waals surface area contributed by atoms with Gasteiger partial charge in [-0.05, 0) is 57.2 Å². The number of carbonyl (C=O) groups excluding carboxylic acids is 1. The van der Waals surface area contributed by atoms with Crippen LogP contribution >= 0.6 is 0 Å². The monoisotopic (exact) mass is 421 g/mol. The van der Waals surface area contributed by atoms with Gasteiger partial charge in [0.15, 0.2) is 5.65 Å². The fourth-order valence-electron chi connectivity index (χ4n) is 4.23. The van der Waals surface area contributed by atoms with Crippen LogP contribution in [0.15, 0.2) is 30.6 Å². The summed E-state index contributed by atoms with van der Waals surface area (Å²) in [6.07, 6.45) is 5.29. The lowest BCUT2D eigenvalue weighted by Gasteiger charge is -2.26. The van der Waals surface area contributed by atoms with E-state index in [4.69, 9.17) is 4.74 Å². The highest BCUT2D eigenvalue weighted by atomic mass is 16.5. The molecule has 31 heavy (non-hydrogen) atoms. The maximum absolute atomic E-state index is 13.4. The van der Waals surface area contributed by atoms with E-state index in [-0.39, 0.29) is 18.0 Å². The quantitative estimate of drug-likeness (QED) is 0.625. The lowest BCUT2D eigenvalue weighted by Crippen LogP contribution is -2.31.